The van der Waals surface area contributed by atoms with Gasteiger partial charge in [-0.1, -0.05) is 0 Å². The molecular formula is C7H8N2O3. The van der Waals surface area contributed by atoms with Gasteiger partial charge in [-0.15, -0.1) is 0 Å². The van der Waals surface area contributed by atoms with Crippen molar-refractivity contribution in [3.8, 4) is 5.75 Å². The van der Waals surface area contributed by atoms with Crippen LogP contribution in [0.1, 0.15) is 10.5 Å². The molecule has 0 aromatic carbocycles. The highest BCUT2D eigenvalue weighted by Gasteiger charge is 2.12. The van der Waals surface area contributed by atoms with Gasteiger partial charge in [0.05, 0.1) is 7.11 Å². The lowest BCUT2D eigenvalue weighted by molar-refractivity contribution is 0.0590. The van der Waals surface area contributed by atoms with Crippen LogP contribution in [0.25, 0.3) is 0 Å². The number of carbonyl (C=O) groups is 1. The predicted octanol–water partition coefficient (Wildman–Crippen LogP) is 0.156. The van der Waals surface area contributed by atoms with E-state index in [0.717, 1.165) is 0 Å². The average Bonchev–Trinajstić information content (AvgIpc) is 2.08. The zero-order valence-corrected chi connectivity index (χ0v) is 6.44. The van der Waals surface area contributed by atoms with Crippen LogP contribution >= 0.6 is 0 Å². The van der Waals surface area contributed by atoms with Crippen LogP contribution in [0.2, 0.25) is 0 Å². The monoisotopic (exact) mass is 168 g/mol. The van der Waals surface area contributed by atoms with Crippen LogP contribution in [0, 0.1) is 0 Å². The quantitative estimate of drug-likeness (QED) is 0.583. The molecule has 0 aliphatic carbocycles. The van der Waals surface area contributed by atoms with Gasteiger partial charge < -0.3 is 15.6 Å². The summed E-state index contributed by atoms with van der Waals surface area (Å²) < 4.78 is 4.36. The normalized spacial score (nSPS) is 9.42. The summed E-state index contributed by atoms with van der Waals surface area (Å²) in [7, 11) is 1.20. The smallest absolute Gasteiger partial charge is 0.360 e. The van der Waals surface area contributed by atoms with Crippen LogP contribution in [0.4, 0.5) is 5.82 Å². The van der Waals surface area contributed by atoms with Crippen LogP contribution < -0.4 is 5.73 Å². The van der Waals surface area contributed by atoms with Crippen molar-refractivity contribution in [2.75, 3.05) is 12.8 Å². The molecule has 0 fully saturated rings. The van der Waals surface area contributed by atoms with E-state index >= 15 is 0 Å². The first-order chi connectivity index (χ1) is 5.65. The van der Waals surface area contributed by atoms with Gasteiger partial charge in [-0.2, -0.15) is 0 Å². The number of nitrogens with two attached hydrogens (primary N) is 1. The zero-order valence-electron chi connectivity index (χ0n) is 6.44. The number of rotatable bonds is 1. The molecule has 12 heavy (non-hydrogen) atoms. The van der Waals surface area contributed by atoms with E-state index in [0.29, 0.717) is 0 Å². The first kappa shape index (κ1) is 8.32. The second-order valence-electron chi connectivity index (χ2n) is 2.10. The van der Waals surface area contributed by atoms with Crippen LogP contribution in [-0.4, -0.2) is 23.2 Å². The summed E-state index contributed by atoms with van der Waals surface area (Å²) in [6, 6.07) is 2.68. The lowest BCUT2D eigenvalue weighted by Gasteiger charge is -2.01. The lowest BCUT2D eigenvalue weighted by atomic mass is 10.3. The number of aromatic hydroxyl groups is 1. The topological polar surface area (TPSA) is 85.4 Å². The predicted molar refractivity (Wildman–Crippen MR) is 41.7 cm³/mol. The molecule has 1 rings (SSSR count). The lowest BCUT2D eigenvalue weighted by Crippen LogP contribution is -2.06. The molecule has 0 aliphatic rings. The molecule has 1 heterocycles. The van der Waals surface area contributed by atoms with Gasteiger partial charge in [-0.3, -0.25) is 0 Å². The molecular weight excluding hydrogens is 160 g/mol. The third kappa shape index (κ3) is 1.45. The summed E-state index contributed by atoms with van der Waals surface area (Å²) in [5, 5.41) is 9.12. The molecule has 0 atom stereocenters. The number of nitrogen functional groups attached to an aromatic ring is 1. The standard InChI is InChI=1S/C7H8N2O3/c1-12-7(11)6-4(10)2-3-5(8)9-6/h2-3,10H,1H3,(H2,8,9). The number of methoxy groups -OCH3 is 1. The van der Waals surface area contributed by atoms with Crippen LogP contribution in [-0.2, 0) is 4.74 Å². The SMILES string of the molecule is COC(=O)c1nc(N)ccc1O. The molecule has 5 heteroatoms. The van der Waals surface area contributed by atoms with Gasteiger partial charge in [0.25, 0.3) is 0 Å². The van der Waals surface area contributed by atoms with Gasteiger partial charge in [0.1, 0.15) is 11.6 Å². The van der Waals surface area contributed by atoms with Gasteiger partial charge >= 0.3 is 5.97 Å². The fraction of sp³-hybridized carbons (Fsp3) is 0.143. The molecule has 64 valence electrons. The second-order valence-corrected chi connectivity index (χ2v) is 2.10. The number of hydrogen-bond acceptors (Lipinski definition) is 5. The number of ether oxygens (including phenoxy) is 1. The number of aromatic nitrogens is 1. The summed E-state index contributed by atoms with van der Waals surface area (Å²) in [6.07, 6.45) is 0. The summed E-state index contributed by atoms with van der Waals surface area (Å²) in [5.74, 6) is -0.788. The molecule has 0 saturated heterocycles. The Bertz CT molecular complexity index is 312. The Morgan fingerprint density at radius 3 is 2.92 bits per heavy atom. The molecule has 1 aromatic rings. The van der Waals surface area contributed by atoms with E-state index in [1.807, 2.05) is 0 Å². The third-order valence-electron chi connectivity index (χ3n) is 1.27. The van der Waals surface area contributed by atoms with Crippen molar-refractivity contribution in [2.45, 2.75) is 0 Å². The van der Waals surface area contributed by atoms with Crippen molar-refractivity contribution in [2.24, 2.45) is 0 Å². The third-order valence-corrected chi connectivity index (χ3v) is 1.27. The Kier molecular flexibility index (Phi) is 2.14. The summed E-state index contributed by atoms with van der Waals surface area (Å²) in [6.45, 7) is 0. The molecule has 0 bridgehead atoms. The largest absolute Gasteiger partial charge is 0.505 e. The van der Waals surface area contributed by atoms with Crippen molar-refractivity contribution in [3.05, 3.63) is 17.8 Å². The molecule has 5 nitrogen and oxygen atoms in total. The van der Waals surface area contributed by atoms with Crippen molar-refractivity contribution >= 4 is 11.8 Å². The fourth-order valence-corrected chi connectivity index (χ4v) is 0.714. The Hall–Kier alpha value is -1.78. The first-order valence-corrected chi connectivity index (χ1v) is 3.19. The molecule has 0 radical (unpaired) electrons. The van der Waals surface area contributed by atoms with Crippen molar-refractivity contribution in [1.29, 1.82) is 0 Å². The highest BCUT2D eigenvalue weighted by Crippen LogP contribution is 2.16. The molecule has 0 unspecified atom stereocenters. The van der Waals surface area contributed by atoms with E-state index in [4.69, 9.17) is 10.8 Å². The molecule has 0 saturated carbocycles. The van der Waals surface area contributed by atoms with Crippen LogP contribution in [0.15, 0.2) is 12.1 Å². The maximum absolute atomic E-state index is 10.9. The number of hydrogen-bond donors (Lipinski definition) is 2. The highest BCUT2D eigenvalue weighted by molar-refractivity contribution is 5.90. The molecule has 3 N–H and O–H groups in total. The number of pyridine rings is 1. The average molecular weight is 168 g/mol. The van der Waals surface area contributed by atoms with Crippen LogP contribution in [0.5, 0.6) is 5.75 Å². The van der Waals surface area contributed by atoms with Gasteiger partial charge in [0, 0.05) is 0 Å². The summed E-state index contributed by atoms with van der Waals surface area (Å²) in [4.78, 5) is 14.5. The van der Waals surface area contributed by atoms with Gasteiger partial charge in [0.15, 0.2) is 5.69 Å². The number of nitrogens with zero attached hydrogens (tertiary/aromatic N) is 1. The van der Waals surface area contributed by atoms with Crippen molar-refractivity contribution < 1.29 is 14.6 Å². The second kappa shape index (κ2) is 3.08. The van der Waals surface area contributed by atoms with Gasteiger partial charge in [-0.25, -0.2) is 9.78 Å². The Balaban J connectivity index is 3.13. The fourth-order valence-electron chi connectivity index (χ4n) is 0.714. The Morgan fingerprint density at radius 1 is 1.67 bits per heavy atom. The minimum absolute atomic E-state index is 0.160. The van der Waals surface area contributed by atoms with E-state index in [1.165, 1.54) is 19.2 Å². The number of esters is 1. The minimum atomic E-state index is -0.709. The van der Waals surface area contributed by atoms with E-state index in [1.54, 1.807) is 0 Å². The zero-order chi connectivity index (χ0) is 9.14. The Morgan fingerprint density at radius 2 is 2.33 bits per heavy atom. The minimum Gasteiger partial charge on any atom is -0.505 e. The molecule has 0 amide bonds. The number of carbonyl (C=O) groups excluding carboxylic acids is 1. The molecule has 0 spiro atoms. The first-order valence-electron chi connectivity index (χ1n) is 3.19. The number of anilines is 1. The van der Waals surface area contributed by atoms with Crippen molar-refractivity contribution in [3.63, 3.8) is 0 Å². The van der Waals surface area contributed by atoms with E-state index in [2.05, 4.69) is 9.72 Å². The van der Waals surface area contributed by atoms with Gasteiger partial charge in [-0.05, 0) is 12.1 Å². The van der Waals surface area contributed by atoms with Crippen molar-refractivity contribution in [1.82, 2.24) is 4.98 Å². The Labute approximate surface area is 68.8 Å². The maximum atomic E-state index is 10.9. The van der Waals surface area contributed by atoms with Crippen LogP contribution in [0.3, 0.4) is 0 Å². The van der Waals surface area contributed by atoms with Gasteiger partial charge in [0.2, 0.25) is 0 Å². The maximum Gasteiger partial charge on any atom is 0.360 e. The summed E-state index contributed by atoms with van der Waals surface area (Å²) >= 11 is 0. The van der Waals surface area contributed by atoms with E-state index in [9.17, 15) is 4.79 Å². The van der Waals surface area contributed by atoms with E-state index < -0.39 is 5.97 Å². The van der Waals surface area contributed by atoms with E-state index in [-0.39, 0.29) is 17.3 Å². The molecule has 0 aliphatic heterocycles. The molecule has 1 aromatic heterocycles. The summed E-state index contributed by atoms with van der Waals surface area (Å²) in [5.41, 5.74) is 5.12. The highest BCUT2D eigenvalue weighted by atomic mass is 16.5.